The lowest BCUT2D eigenvalue weighted by atomic mass is 10.1. The fraction of sp³-hybridized carbons (Fsp3) is 0.294. The van der Waals surface area contributed by atoms with Crippen molar-refractivity contribution in [3.8, 4) is 11.5 Å². The van der Waals surface area contributed by atoms with Crippen molar-refractivity contribution >= 4 is 0 Å². The number of para-hydroxylation sites is 1. The Balaban J connectivity index is 1.73. The molecule has 0 spiro atoms. The van der Waals surface area contributed by atoms with Crippen molar-refractivity contribution in [3.63, 3.8) is 0 Å². The zero-order valence-electron chi connectivity index (χ0n) is 12.0. The first kappa shape index (κ1) is 14.4. The second kappa shape index (κ2) is 7.56. The van der Waals surface area contributed by atoms with Gasteiger partial charge >= 0.3 is 0 Å². The number of rotatable bonds is 7. The third-order valence-corrected chi connectivity index (χ3v) is 3.18. The molecule has 2 aromatic rings. The molecule has 2 rings (SSSR count). The summed E-state index contributed by atoms with van der Waals surface area (Å²) in [5, 5.41) is 3.44. The van der Waals surface area contributed by atoms with Gasteiger partial charge in [0.1, 0.15) is 18.1 Å². The Kier molecular flexibility index (Phi) is 5.44. The van der Waals surface area contributed by atoms with Crippen LogP contribution in [0.1, 0.15) is 18.5 Å². The van der Waals surface area contributed by atoms with Crippen LogP contribution in [-0.4, -0.2) is 20.3 Å². The second-order valence-corrected chi connectivity index (χ2v) is 4.61. The van der Waals surface area contributed by atoms with Gasteiger partial charge < -0.3 is 14.8 Å². The molecule has 0 radical (unpaired) electrons. The molecule has 106 valence electrons. The van der Waals surface area contributed by atoms with E-state index >= 15 is 0 Å². The third kappa shape index (κ3) is 4.28. The number of hydrogen-bond donors (Lipinski definition) is 1. The van der Waals surface area contributed by atoms with Gasteiger partial charge in [-0.25, -0.2) is 0 Å². The van der Waals surface area contributed by atoms with Gasteiger partial charge in [-0.3, -0.25) is 0 Å². The summed E-state index contributed by atoms with van der Waals surface area (Å²) in [5.41, 5.74) is 1.24. The summed E-state index contributed by atoms with van der Waals surface area (Å²) < 4.78 is 10.8. The smallest absolute Gasteiger partial charge is 0.119 e. The predicted molar refractivity (Wildman–Crippen MR) is 81.3 cm³/mol. The molecule has 0 bridgehead atoms. The topological polar surface area (TPSA) is 30.5 Å². The number of nitrogens with one attached hydrogen (secondary N) is 1. The van der Waals surface area contributed by atoms with Crippen LogP contribution < -0.4 is 14.8 Å². The molecule has 2 aromatic carbocycles. The molecule has 0 saturated carbocycles. The summed E-state index contributed by atoms with van der Waals surface area (Å²) in [6, 6.07) is 18.3. The summed E-state index contributed by atoms with van der Waals surface area (Å²) in [6.45, 7) is 3.61. The minimum Gasteiger partial charge on any atom is -0.497 e. The predicted octanol–water partition coefficient (Wildman–Crippen LogP) is 3.42. The number of methoxy groups -OCH3 is 1. The SMILES string of the molecule is COc1ccc(C(C)NCCOc2ccccc2)cc1. The molecule has 3 heteroatoms. The molecule has 0 aromatic heterocycles. The van der Waals surface area contributed by atoms with E-state index in [1.54, 1.807) is 7.11 Å². The van der Waals surface area contributed by atoms with Crippen LogP contribution in [0.3, 0.4) is 0 Å². The molecule has 3 nitrogen and oxygen atoms in total. The summed E-state index contributed by atoms with van der Waals surface area (Å²) in [6.07, 6.45) is 0. The van der Waals surface area contributed by atoms with E-state index < -0.39 is 0 Å². The zero-order chi connectivity index (χ0) is 14.2. The monoisotopic (exact) mass is 271 g/mol. The average molecular weight is 271 g/mol. The molecule has 0 saturated heterocycles. The van der Waals surface area contributed by atoms with Gasteiger partial charge in [0.25, 0.3) is 0 Å². The molecule has 1 N–H and O–H groups in total. The van der Waals surface area contributed by atoms with E-state index in [1.165, 1.54) is 5.56 Å². The van der Waals surface area contributed by atoms with Crippen molar-refractivity contribution < 1.29 is 9.47 Å². The number of hydrogen-bond acceptors (Lipinski definition) is 3. The number of benzene rings is 2. The van der Waals surface area contributed by atoms with E-state index in [4.69, 9.17) is 9.47 Å². The molecular weight excluding hydrogens is 250 g/mol. The molecular formula is C17H21NO2. The Morgan fingerprint density at radius 1 is 0.950 bits per heavy atom. The first-order chi connectivity index (χ1) is 9.79. The maximum atomic E-state index is 5.65. The first-order valence-corrected chi connectivity index (χ1v) is 6.85. The van der Waals surface area contributed by atoms with Gasteiger partial charge in [0.05, 0.1) is 7.11 Å². The Morgan fingerprint density at radius 3 is 2.30 bits per heavy atom. The van der Waals surface area contributed by atoms with E-state index in [1.807, 2.05) is 42.5 Å². The minimum atomic E-state index is 0.292. The van der Waals surface area contributed by atoms with Crippen LogP contribution in [-0.2, 0) is 0 Å². The third-order valence-electron chi connectivity index (χ3n) is 3.18. The summed E-state index contributed by atoms with van der Waals surface area (Å²) in [7, 11) is 1.68. The highest BCUT2D eigenvalue weighted by atomic mass is 16.5. The van der Waals surface area contributed by atoms with Gasteiger partial charge in [-0.2, -0.15) is 0 Å². The summed E-state index contributed by atoms with van der Waals surface area (Å²) in [5.74, 6) is 1.79. The number of ether oxygens (including phenoxy) is 2. The van der Waals surface area contributed by atoms with E-state index in [2.05, 4.69) is 24.4 Å². The van der Waals surface area contributed by atoms with Crippen LogP contribution >= 0.6 is 0 Å². The molecule has 20 heavy (non-hydrogen) atoms. The largest absolute Gasteiger partial charge is 0.497 e. The van der Waals surface area contributed by atoms with E-state index in [-0.39, 0.29) is 0 Å². The van der Waals surface area contributed by atoms with E-state index in [9.17, 15) is 0 Å². The van der Waals surface area contributed by atoms with Crippen molar-refractivity contribution in [2.75, 3.05) is 20.3 Å². The lowest BCUT2D eigenvalue weighted by Crippen LogP contribution is -2.24. The van der Waals surface area contributed by atoms with Crippen LogP contribution in [0, 0.1) is 0 Å². The van der Waals surface area contributed by atoms with Crippen molar-refractivity contribution in [2.24, 2.45) is 0 Å². The highest BCUT2D eigenvalue weighted by Gasteiger charge is 2.04. The fourth-order valence-electron chi connectivity index (χ4n) is 1.97. The Labute approximate surface area is 120 Å². The van der Waals surface area contributed by atoms with Gasteiger partial charge in [0.2, 0.25) is 0 Å². The molecule has 0 amide bonds. The maximum absolute atomic E-state index is 5.65. The van der Waals surface area contributed by atoms with Crippen LogP contribution in [0.2, 0.25) is 0 Å². The van der Waals surface area contributed by atoms with Gasteiger partial charge in [0, 0.05) is 12.6 Å². The summed E-state index contributed by atoms with van der Waals surface area (Å²) in [4.78, 5) is 0. The lowest BCUT2D eigenvalue weighted by molar-refractivity contribution is 0.307. The van der Waals surface area contributed by atoms with E-state index in [0.717, 1.165) is 18.0 Å². The maximum Gasteiger partial charge on any atom is 0.119 e. The molecule has 0 fully saturated rings. The van der Waals surface area contributed by atoms with Crippen molar-refractivity contribution in [2.45, 2.75) is 13.0 Å². The van der Waals surface area contributed by atoms with Gasteiger partial charge in [-0.05, 0) is 36.8 Å². The van der Waals surface area contributed by atoms with Gasteiger partial charge in [-0.1, -0.05) is 30.3 Å². The van der Waals surface area contributed by atoms with Crippen molar-refractivity contribution in [3.05, 3.63) is 60.2 Å². The average Bonchev–Trinajstić information content (AvgIpc) is 2.52. The lowest BCUT2D eigenvalue weighted by Gasteiger charge is -2.15. The summed E-state index contributed by atoms with van der Waals surface area (Å²) >= 11 is 0. The molecule has 1 atom stereocenters. The fourth-order valence-corrected chi connectivity index (χ4v) is 1.97. The van der Waals surface area contributed by atoms with Crippen molar-refractivity contribution in [1.29, 1.82) is 0 Å². The molecule has 0 aliphatic rings. The van der Waals surface area contributed by atoms with Crippen LogP contribution in [0.5, 0.6) is 11.5 Å². The Bertz CT molecular complexity index is 496. The highest BCUT2D eigenvalue weighted by molar-refractivity contribution is 5.28. The van der Waals surface area contributed by atoms with Gasteiger partial charge in [-0.15, -0.1) is 0 Å². The van der Waals surface area contributed by atoms with Crippen LogP contribution in [0.15, 0.2) is 54.6 Å². The molecule has 0 heterocycles. The standard InChI is InChI=1S/C17H21NO2/c1-14(15-8-10-16(19-2)11-9-15)18-12-13-20-17-6-4-3-5-7-17/h3-11,14,18H,12-13H2,1-2H3. The highest BCUT2D eigenvalue weighted by Crippen LogP contribution is 2.17. The molecule has 1 unspecified atom stereocenters. The molecule has 0 aliphatic carbocycles. The zero-order valence-corrected chi connectivity index (χ0v) is 12.0. The quantitative estimate of drug-likeness (QED) is 0.783. The van der Waals surface area contributed by atoms with Crippen molar-refractivity contribution in [1.82, 2.24) is 5.32 Å². The molecule has 0 aliphatic heterocycles. The first-order valence-electron chi connectivity index (χ1n) is 6.85. The van der Waals surface area contributed by atoms with E-state index in [0.29, 0.717) is 12.6 Å². The second-order valence-electron chi connectivity index (χ2n) is 4.61. The van der Waals surface area contributed by atoms with Crippen LogP contribution in [0.4, 0.5) is 0 Å². The van der Waals surface area contributed by atoms with Gasteiger partial charge in [0.15, 0.2) is 0 Å². The van der Waals surface area contributed by atoms with Crippen LogP contribution in [0.25, 0.3) is 0 Å². The minimum absolute atomic E-state index is 0.292. The Morgan fingerprint density at radius 2 is 1.65 bits per heavy atom. The normalized spacial score (nSPS) is 11.9. The Hall–Kier alpha value is -2.00.